The molecule has 4 heteroatoms. The Balaban J connectivity index is 2.08. The van der Waals surface area contributed by atoms with Crippen molar-refractivity contribution in [3.05, 3.63) is 54.0 Å². The predicted molar refractivity (Wildman–Crippen MR) is 76.9 cm³/mol. The van der Waals surface area contributed by atoms with Gasteiger partial charge in [0.25, 0.3) is 0 Å². The summed E-state index contributed by atoms with van der Waals surface area (Å²) in [5.74, 6) is 1.01. The van der Waals surface area contributed by atoms with Crippen LogP contribution in [0.15, 0.2) is 42.6 Å². The second-order valence-electron chi connectivity index (χ2n) is 4.49. The van der Waals surface area contributed by atoms with Crippen molar-refractivity contribution in [3.8, 4) is 0 Å². The van der Waals surface area contributed by atoms with Crippen LogP contribution in [0.1, 0.15) is 18.3 Å². The Kier molecular flexibility index (Phi) is 2.91. The van der Waals surface area contributed by atoms with Crippen LogP contribution in [0.25, 0.3) is 11.2 Å². The highest BCUT2D eigenvalue weighted by atomic mass is 15.1. The number of pyridine rings is 1. The minimum absolute atomic E-state index is 0.733. The van der Waals surface area contributed by atoms with Crippen LogP contribution in [0, 0.1) is 0 Å². The highest BCUT2D eigenvalue weighted by molar-refractivity contribution is 5.71. The number of aromatic nitrogens is 3. The maximum absolute atomic E-state index is 6.00. The Labute approximate surface area is 111 Å². The summed E-state index contributed by atoms with van der Waals surface area (Å²) in [6.07, 6.45) is 2.54. The van der Waals surface area contributed by atoms with Gasteiger partial charge in [-0.15, -0.1) is 0 Å². The van der Waals surface area contributed by atoms with Gasteiger partial charge in [-0.05, 0) is 30.7 Å². The number of nitrogens with zero attached hydrogens (tertiary/aromatic N) is 3. The first kappa shape index (κ1) is 11.7. The largest absolute Gasteiger partial charge is 0.398 e. The van der Waals surface area contributed by atoms with E-state index in [9.17, 15) is 0 Å². The summed E-state index contributed by atoms with van der Waals surface area (Å²) in [6, 6.07) is 11.8. The van der Waals surface area contributed by atoms with E-state index in [0.717, 1.165) is 41.2 Å². The molecule has 0 amide bonds. The number of para-hydroxylation sites is 1. The van der Waals surface area contributed by atoms with E-state index < -0.39 is 0 Å². The Morgan fingerprint density at radius 2 is 2.00 bits per heavy atom. The fraction of sp³-hybridized carbons (Fsp3) is 0.200. The zero-order valence-electron chi connectivity index (χ0n) is 10.9. The second-order valence-corrected chi connectivity index (χ2v) is 4.49. The standard InChI is InChI=1S/C15H16N4/c1-2-19-14(10-11-6-3-4-7-12(11)16)18-13-8-5-9-17-15(13)19/h3-9H,2,10,16H2,1H3. The molecule has 0 bridgehead atoms. The highest BCUT2D eigenvalue weighted by Gasteiger charge is 2.11. The van der Waals surface area contributed by atoms with Crippen LogP contribution in [0.4, 0.5) is 5.69 Å². The maximum atomic E-state index is 6.00. The number of hydrogen-bond donors (Lipinski definition) is 1. The Bertz CT molecular complexity index is 715. The third kappa shape index (κ3) is 2.05. The summed E-state index contributed by atoms with van der Waals surface area (Å²) >= 11 is 0. The normalized spacial score (nSPS) is 11.0. The molecule has 0 aliphatic rings. The molecular weight excluding hydrogens is 236 g/mol. The second kappa shape index (κ2) is 4.72. The van der Waals surface area contributed by atoms with Crippen LogP contribution in [-0.4, -0.2) is 14.5 Å². The summed E-state index contributed by atoms with van der Waals surface area (Å²) in [4.78, 5) is 9.07. The van der Waals surface area contributed by atoms with Crippen molar-refractivity contribution in [1.29, 1.82) is 0 Å². The van der Waals surface area contributed by atoms with Gasteiger partial charge in [0.15, 0.2) is 5.65 Å². The summed E-state index contributed by atoms with van der Waals surface area (Å²) < 4.78 is 2.14. The zero-order chi connectivity index (χ0) is 13.2. The molecule has 3 rings (SSSR count). The van der Waals surface area contributed by atoms with Crippen LogP contribution in [0.2, 0.25) is 0 Å². The molecule has 4 nitrogen and oxygen atoms in total. The van der Waals surface area contributed by atoms with Gasteiger partial charge in [0.05, 0.1) is 0 Å². The number of imidazole rings is 1. The van der Waals surface area contributed by atoms with Gasteiger partial charge >= 0.3 is 0 Å². The smallest absolute Gasteiger partial charge is 0.159 e. The molecule has 0 aliphatic heterocycles. The lowest BCUT2D eigenvalue weighted by molar-refractivity contribution is 0.727. The number of nitrogen functional groups attached to an aromatic ring is 1. The van der Waals surface area contributed by atoms with Crippen molar-refractivity contribution in [3.63, 3.8) is 0 Å². The van der Waals surface area contributed by atoms with Crippen molar-refractivity contribution in [2.75, 3.05) is 5.73 Å². The van der Waals surface area contributed by atoms with E-state index in [-0.39, 0.29) is 0 Å². The molecule has 0 fully saturated rings. The topological polar surface area (TPSA) is 56.7 Å². The van der Waals surface area contributed by atoms with Crippen LogP contribution in [0.3, 0.4) is 0 Å². The molecule has 0 atom stereocenters. The average Bonchev–Trinajstić information content (AvgIpc) is 2.78. The number of rotatable bonds is 3. The molecule has 96 valence electrons. The lowest BCUT2D eigenvalue weighted by Crippen LogP contribution is -2.04. The van der Waals surface area contributed by atoms with Crippen LogP contribution < -0.4 is 5.73 Å². The third-order valence-electron chi connectivity index (χ3n) is 3.30. The van der Waals surface area contributed by atoms with Crippen molar-refractivity contribution >= 4 is 16.9 Å². The van der Waals surface area contributed by atoms with Gasteiger partial charge in [0, 0.05) is 24.8 Å². The molecule has 0 spiro atoms. The number of fused-ring (bicyclic) bond motifs is 1. The number of anilines is 1. The summed E-state index contributed by atoms with van der Waals surface area (Å²) in [7, 11) is 0. The Morgan fingerprint density at radius 1 is 1.16 bits per heavy atom. The fourth-order valence-electron chi connectivity index (χ4n) is 2.34. The van der Waals surface area contributed by atoms with E-state index in [0.29, 0.717) is 0 Å². The van der Waals surface area contributed by atoms with Gasteiger partial charge in [0.2, 0.25) is 0 Å². The van der Waals surface area contributed by atoms with Crippen LogP contribution in [-0.2, 0) is 13.0 Å². The first-order valence-corrected chi connectivity index (χ1v) is 6.43. The van der Waals surface area contributed by atoms with E-state index in [2.05, 4.69) is 21.5 Å². The lowest BCUT2D eigenvalue weighted by Gasteiger charge is -2.07. The van der Waals surface area contributed by atoms with E-state index in [1.165, 1.54) is 0 Å². The van der Waals surface area contributed by atoms with E-state index in [1.807, 2.05) is 36.4 Å². The molecule has 0 aliphatic carbocycles. The minimum atomic E-state index is 0.733. The summed E-state index contributed by atoms with van der Waals surface area (Å²) in [5.41, 5.74) is 9.79. The molecule has 2 heterocycles. The van der Waals surface area contributed by atoms with E-state index in [1.54, 1.807) is 6.20 Å². The van der Waals surface area contributed by atoms with Crippen LogP contribution in [0.5, 0.6) is 0 Å². The first-order valence-electron chi connectivity index (χ1n) is 6.43. The molecule has 2 aromatic heterocycles. The first-order chi connectivity index (χ1) is 9.29. The average molecular weight is 252 g/mol. The number of hydrogen-bond acceptors (Lipinski definition) is 3. The summed E-state index contributed by atoms with van der Waals surface area (Å²) in [5, 5.41) is 0. The maximum Gasteiger partial charge on any atom is 0.159 e. The van der Waals surface area contributed by atoms with Gasteiger partial charge in [-0.25, -0.2) is 9.97 Å². The molecule has 19 heavy (non-hydrogen) atoms. The fourth-order valence-corrected chi connectivity index (χ4v) is 2.34. The quantitative estimate of drug-likeness (QED) is 0.729. The molecule has 3 aromatic rings. The highest BCUT2D eigenvalue weighted by Crippen LogP contribution is 2.19. The molecule has 0 saturated carbocycles. The van der Waals surface area contributed by atoms with Crippen molar-refractivity contribution < 1.29 is 0 Å². The SMILES string of the molecule is CCn1c(Cc2ccccc2N)nc2cccnc21. The lowest BCUT2D eigenvalue weighted by atomic mass is 10.1. The molecule has 2 N–H and O–H groups in total. The third-order valence-corrected chi connectivity index (χ3v) is 3.30. The van der Waals surface area contributed by atoms with Crippen molar-refractivity contribution in [2.24, 2.45) is 0 Å². The number of nitrogens with two attached hydrogens (primary N) is 1. The van der Waals surface area contributed by atoms with Crippen molar-refractivity contribution in [2.45, 2.75) is 19.9 Å². The van der Waals surface area contributed by atoms with Crippen LogP contribution >= 0.6 is 0 Å². The Morgan fingerprint density at radius 3 is 2.79 bits per heavy atom. The monoisotopic (exact) mass is 252 g/mol. The van der Waals surface area contributed by atoms with Crippen molar-refractivity contribution in [1.82, 2.24) is 14.5 Å². The molecule has 0 radical (unpaired) electrons. The molecule has 0 saturated heterocycles. The van der Waals surface area contributed by atoms with Gasteiger partial charge < -0.3 is 10.3 Å². The van der Waals surface area contributed by atoms with Gasteiger partial charge in [-0.1, -0.05) is 18.2 Å². The van der Waals surface area contributed by atoms with Gasteiger partial charge in [-0.3, -0.25) is 0 Å². The summed E-state index contributed by atoms with van der Waals surface area (Å²) in [6.45, 7) is 2.96. The predicted octanol–water partition coefficient (Wildman–Crippen LogP) is 2.62. The van der Waals surface area contributed by atoms with E-state index >= 15 is 0 Å². The number of aryl methyl sites for hydroxylation is 1. The molecular formula is C15H16N4. The molecule has 0 unspecified atom stereocenters. The van der Waals surface area contributed by atoms with Gasteiger partial charge in [-0.2, -0.15) is 0 Å². The van der Waals surface area contributed by atoms with E-state index in [4.69, 9.17) is 5.73 Å². The number of benzene rings is 1. The zero-order valence-corrected chi connectivity index (χ0v) is 10.9. The molecule has 1 aromatic carbocycles. The van der Waals surface area contributed by atoms with Gasteiger partial charge in [0.1, 0.15) is 11.3 Å². The Hall–Kier alpha value is -2.36. The minimum Gasteiger partial charge on any atom is -0.398 e.